The molecule has 0 aliphatic rings. The van der Waals surface area contributed by atoms with Gasteiger partial charge in [-0.2, -0.15) is 0 Å². The van der Waals surface area contributed by atoms with Crippen molar-refractivity contribution in [2.75, 3.05) is 13.6 Å². The molecule has 112 valence electrons. The van der Waals surface area contributed by atoms with Gasteiger partial charge in [-0.05, 0) is 24.2 Å². The molecule has 1 amide bonds. The Kier molecular flexibility index (Phi) is 5.58. The molecule has 7 heteroatoms. The number of rotatable bonds is 5. The lowest BCUT2D eigenvalue weighted by atomic mass is 10.2. The van der Waals surface area contributed by atoms with Crippen molar-refractivity contribution < 1.29 is 4.79 Å². The van der Waals surface area contributed by atoms with E-state index < -0.39 is 0 Å². The van der Waals surface area contributed by atoms with Crippen LogP contribution in [0.1, 0.15) is 21.1 Å². The zero-order valence-corrected chi connectivity index (χ0v) is 13.8. The molecule has 0 atom stereocenters. The van der Waals surface area contributed by atoms with Gasteiger partial charge in [0.25, 0.3) is 5.91 Å². The predicted octanol–water partition coefficient (Wildman–Crippen LogP) is 3.22. The Balaban J connectivity index is 2.05. The molecule has 0 unspecified atom stereocenters. The summed E-state index contributed by atoms with van der Waals surface area (Å²) in [5.41, 5.74) is 6.85. The van der Waals surface area contributed by atoms with E-state index in [9.17, 15) is 4.79 Å². The van der Waals surface area contributed by atoms with E-state index in [-0.39, 0.29) is 5.91 Å². The Hall–Kier alpha value is -1.14. The fourth-order valence-electron chi connectivity index (χ4n) is 1.83. The van der Waals surface area contributed by atoms with Crippen LogP contribution in [-0.4, -0.2) is 29.4 Å². The summed E-state index contributed by atoms with van der Waals surface area (Å²) in [5.74, 6) is -0.124. The number of hydrogen-bond acceptors (Lipinski definition) is 4. The second-order valence-electron chi connectivity index (χ2n) is 4.57. The van der Waals surface area contributed by atoms with Gasteiger partial charge in [0.2, 0.25) is 0 Å². The van der Waals surface area contributed by atoms with Gasteiger partial charge >= 0.3 is 0 Å². The molecule has 2 N–H and O–H groups in total. The van der Waals surface area contributed by atoms with Crippen molar-refractivity contribution in [1.29, 1.82) is 0 Å². The van der Waals surface area contributed by atoms with Crippen molar-refractivity contribution in [2.24, 2.45) is 5.73 Å². The van der Waals surface area contributed by atoms with E-state index in [2.05, 4.69) is 4.98 Å². The van der Waals surface area contributed by atoms with Crippen LogP contribution in [-0.2, 0) is 13.0 Å². The molecule has 0 aliphatic heterocycles. The number of hydrogen-bond donors (Lipinski definition) is 1. The summed E-state index contributed by atoms with van der Waals surface area (Å²) < 4.78 is 0. The molecule has 0 spiro atoms. The molecule has 21 heavy (non-hydrogen) atoms. The molecule has 1 aromatic heterocycles. The normalized spacial score (nSPS) is 10.7. The van der Waals surface area contributed by atoms with Crippen LogP contribution in [0.4, 0.5) is 0 Å². The van der Waals surface area contributed by atoms with Crippen LogP contribution in [0.5, 0.6) is 0 Å². The number of nitrogens with two attached hydrogens (primary N) is 1. The number of carbonyl (C=O) groups is 1. The standard InChI is InChI=1S/C14H15Cl2N3OS/c1-19(7-9-2-3-10(15)11(16)6-9)14(20)12-8-21-13(18-12)4-5-17/h2-3,6,8H,4-5,7,17H2,1H3. The van der Waals surface area contributed by atoms with E-state index in [1.165, 1.54) is 11.3 Å². The monoisotopic (exact) mass is 343 g/mol. The summed E-state index contributed by atoms with van der Waals surface area (Å²) >= 11 is 13.3. The van der Waals surface area contributed by atoms with E-state index in [1.54, 1.807) is 29.5 Å². The molecule has 0 fully saturated rings. The summed E-state index contributed by atoms with van der Waals surface area (Å²) in [7, 11) is 1.73. The maximum atomic E-state index is 12.3. The minimum absolute atomic E-state index is 0.124. The SMILES string of the molecule is CN(Cc1ccc(Cl)c(Cl)c1)C(=O)c1csc(CCN)n1. The van der Waals surface area contributed by atoms with Gasteiger partial charge in [-0.3, -0.25) is 4.79 Å². The summed E-state index contributed by atoms with van der Waals surface area (Å²) in [6.07, 6.45) is 0.689. The Labute approximate surface area is 137 Å². The van der Waals surface area contributed by atoms with Crippen LogP contribution in [0.2, 0.25) is 10.0 Å². The van der Waals surface area contributed by atoms with Crippen LogP contribution in [0, 0.1) is 0 Å². The smallest absolute Gasteiger partial charge is 0.273 e. The summed E-state index contributed by atoms with van der Waals surface area (Å²) in [6.45, 7) is 0.972. The maximum absolute atomic E-state index is 12.3. The first-order chi connectivity index (χ1) is 10.0. The van der Waals surface area contributed by atoms with E-state index in [0.717, 1.165) is 10.6 Å². The summed E-state index contributed by atoms with van der Waals surface area (Å²) in [6, 6.07) is 5.33. The molecule has 4 nitrogen and oxygen atoms in total. The highest BCUT2D eigenvalue weighted by molar-refractivity contribution is 7.09. The number of amides is 1. The maximum Gasteiger partial charge on any atom is 0.273 e. The van der Waals surface area contributed by atoms with Gasteiger partial charge in [-0.1, -0.05) is 29.3 Å². The van der Waals surface area contributed by atoms with Gasteiger partial charge < -0.3 is 10.6 Å². The average molecular weight is 344 g/mol. The Bertz CT molecular complexity index is 645. The molecule has 0 radical (unpaired) electrons. The number of nitrogens with zero attached hydrogens (tertiary/aromatic N) is 2. The van der Waals surface area contributed by atoms with Crippen LogP contribution < -0.4 is 5.73 Å². The van der Waals surface area contributed by atoms with Gasteiger partial charge in [0.15, 0.2) is 0 Å². The van der Waals surface area contributed by atoms with Gasteiger partial charge in [-0.15, -0.1) is 11.3 Å². The second-order valence-corrected chi connectivity index (χ2v) is 6.33. The molecular weight excluding hydrogens is 329 g/mol. The molecule has 2 aromatic rings. The van der Waals surface area contributed by atoms with Gasteiger partial charge in [0, 0.05) is 25.4 Å². The lowest BCUT2D eigenvalue weighted by Gasteiger charge is -2.16. The number of aromatic nitrogens is 1. The fourth-order valence-corrected chi connectivity index (χ4v) is 2.94. The minimum atomic E-state index is -0.124. The first-order valence-electron chi connectivity index (χ1n) is 6.35. The zero-order chi connectivity index (χ0) is 15.4. The fraction of sp³-hybridized carbons (Fsp3) is 0.286. The van der Waals surface area contributed by atoms with Crippen LogP contribution in [0.15, 0.2) is 23.6 Å². The molecule has 1 heterocycles. The van der Waals surface area contributed by atoms with Crippen molar-refractivity contribution in [1.82, 2.24) is 9.88 Å². The topological polar surface area (TPSA) is 59.2 Å². The minimum Gasteiger partial charge on any atom is -0.336 e. The quantitative estimate of drug-likeness (QED) is 0.906. The van der Waals surface area contributed by atoms with Crippen molar-refractivity contribution >= 4 is 40.4 Å². The van der Waals surface area contributed by atoms with Crippen molar-refractivity contribution in [3.63, 3.8) is 0 Å². The predicted molar refractivity (Wildman–Crippen MR) is 87.1 cm³/mol. The number of halogens is 2. The third kappa shape index (κ3) is 4.17. The third-order valence-electron chi connectivity index (χ3n) is 2.88. The molecule has 2 rings (SSSR count). The molecule has 0 bridgehead atoms. The Morgan fingerprint density at radius 1 is 1.38 bits per heavy atom. The van der Waals surface area contributed by atoms with Gasteiger partial charge in [0.05, 0.1) is 15.1 Å². The van der Waals surface area contributed by atoms with Gasteiger partial charge in [0.1, 0.15) is 5.69 Å². The van der Waals surface area contributed by atoms with Crippen molar-refractivity contribution in [2.45, 2.75) is 13.0 Å². The van der Waals surface area contributed by atoms with Crippen LogP contribution >= 0.6 is 34.5 Å². The summed E-state index contributed by atoms with van der Waals surface area (Å²) in [4.78, 5) is 18.2. The van der Waals surface area contributed by atoms with Crippen LogP contribution in [0.3, 0.4) is 0 Å². The molecular formula is C14H15Cl2N3OS. The van der Waals surface area contributed by atoms with Crippen molar-refractivity contribution in [3.8, 4) is 0 Å². The highest BCUT2D eigenvalue weighted by Crippen LogP contribution is 2.23. The summed E-state index contributed by atoms with van der Waals surface area (Å²) in [5, 5.41) is 3.62. The first kappa shape index (κ1) is 16.2. The highest BCUT2D eigenvalue weighted by Gasteiger charge is 2.16. The third-order valence-corrected chi connectivity index (χ3v) is 4.53. The molecule has 0 saturated carbocycles. The molecule has 0 aliphatic carbocycles. The van der Waals surface area contributed by atoms with Crippen LogP contribution in [0.25, 0.3) is 0 Å². The number of carbonyl (C=O) groups excluding carboxylic acids is 1. The largest absolute Gasteiger partial charge is 0.336 e. The zero-order valence-electron chi connectivity index (χ0n) is 11.5. The van der Waals surface area contributed by atoms with Gasteiger partial charge in [-0.25, -0.2) is 4.98 Å². The lowest BCUT2D eigenvalue weighted by Crippen LogP contribution is -2.26. The number of thiazole rings is 1. The van der Waals surface area contributed by atoms with E-state index in [0.29, 0.717) is 35.2 Å². The molecule has 1 aromatic carbocycles. The van der Waals surface area contributed by atoms with E-state index >= 15 is 0 Å². The van der Waals surface area contributed by atoms with E-state index in [1.807, 2.05) is 6.07 Å². The Morgan fingerprint density at radius 3 is 2.81 bits per heavy atom. The second kappa shape index (κ2) is 7.22. The van der Waals surface area contributed by atoms with Crippen molar-refractivity contribution in [3.05, 3.63) is 49.9 Å². The Morgan fingerprint density at radius 2 is 2.14 bits per heavy atom. The number of benzene rings is 1. The highest BCUT2D eigenvalue weighted by atomic mass is 35.5. The lowest BCUT2D eigenvalue weighted by molar-refractivity contribution is 0.0780. The van der Waals surface area contributed by atoms with E-state index in [4.69, 9.17) is 28.9 Å². The molecule has 0 saturated heterocycles. The first-order valence-corrected chi connectivity index (χ1v) is 7.98. The average Bonchev–Trinajstić information content (AvgIpc) is 2.91.